The molecule has 2 saturated heterocycles. The van der Waals surface area contributed by atoms with E-state index < -0.39 is 16.1 Å². The molecule has 2 fully saturated rings. The van der Waals surface area contributed by atoms with Crippen molar-refractivity contribution in [1.82, 2.24) is 19.4 Å². The summed E-state index contributed by atoms with van der Waals surface area (Å²) >= 11 is 0. The second-order valence-corrected chi connectivity index (χ2v) is 10.3. The Morgan fingerprint density at radius 3 is 2.12 bits per heavy atom. The van der Waals surface area contributed by atoms with Crippen LogP contribution in [0, 0.1) is 5.92 Å². The number of benzene rings is 1. The molecular formula is C22H34N4O6S. The molecule has 1 aromatic rings. The number of morpholine rings is 1. The summed E-state index contributed by atoms with van der Waals surface area (Å²) in [4.78, 5) is 31.4. The third-order valence-corrected chi connectivity index (χ3v) is 7.45. The predicted octanol–water partition coefficient (Wildman–Crippen LogP) is 0.00110. The molecule has 0 bridgehead atoms. The van der Waals surface area contributed by atoms with Gasteiger partial charge in [-0.05, 0) is 30.2 Å². The van der Waals surface area contributed by atoms with Gasteiger partial charge in [0.15, 0.2) is 0 Å². The largest absolute Gasteiger partial charge is 0.497 e. The van der Waals surface area contributed by atoms with E-state index in [0.29, 0.717) is 51.7 Å². The molecule has 0 aromatic heterocycles. The lowest BCUT2D eigenvalue weighted by atomic mass is 10.0. The highest BCUT2D eigenvalue weighted by molar-refractivity contribution is 7.89. The van der Waals surface area contributed by atoms with E-state index in [0.717, 1.165) is 13.1 Å². The van der Waals surface area contributed by atoms with Crippen molar-refractivity contribution in [2.75, 3.05) is 66.1 Å². The number of carbonyl (C=O) groups excluding carboxylic acids is 2. The molecule has 0 unspecified atom stereocenters. The lowest BCUT2D eigenvalue weighted by molar-refractivity contribution is -0.142. The average Bonchev–Trinajstić information content (AvgIpc) is 2.82. The second kappa shape index (κ2) is 11.3. The number of hydrogen-bond donors (Lipinski definition) is 1. The predicted molar refractivity (Wildman–Crippen MR) is 122 cm³/mol. The van der Waals surface area contributed by atoms with Crippen LogP contribution in [-0.2, 0) is 24.3 Å². The van der Waals surface area contributed by atoms with Gasteiger partial charge in [-0.1, -0.05) is 13.8 Å². The molecular weight excluding hydrogens is 448 g/mol. The molecule has 0 radical (unpaired) electrons. The molecule has 2 amide bonds. The van der Waals surface area contributed by atoms with Crippen LogP contribution in [0.3, 0.4) is 0 Å². The molecule has 0 aliphatic carbocycles. The van der Waals surface area contributed by atoms with Gasteiger partial charge in [-0.25, -0.2) is 8.42 Å². The number of carbonyl (C=O) groups is 2. The third-order valence-electron chi connectivity index (χ3n) is 5.99. The highest BCUT2D eigenvalue weighted by Crippen LogP contribution is 2.18. The number of hydrogen-bond acceptors (Lipinski definition) is 7. The van der Waals surface area contributed by atoms with Gasteiger partial charge in [0.25, 0.3) is 0 Å². The summed E-state index contributed by atoms with van der Waals surface area (Å²) in [6.45, 7) is 8.36. The molecule has 10 nitrogen and oxygen atoms in total. The van der Waals surface area contributed by atoms with E-state index >= 15 is 0 Å². The van der Waals surface area contributed by atoms with Crippen molar-refractivity contribution in [3.63, 3.8) is 0 Å². The lowest BCUT2D eigenvalue weighted by Gasteiger charge is -2.38. The van der Waals surface area contributed by atoms with E-state index in [9.17, 15) is 18.0 Å². The SMILES string of the molecule is COc1ccc(S(=O)(=O)N[C@H](C(=O)N2CCN(C(=O)CN3CCOCC3)CC2)C(C)C)cc1. The second-order valence-electron chi connectivity index (χ2n) is 8.61. The Bertz CT molecular complexity index is 907. The summed E-state index contributed by atoms with van der Waals surface area (Å²) in [5.74, 6) is 0.0740. The first-order valence-electron chi connectivity index (χ1n) is 11.2. The molecule has 2 aliphatic heterocycles. The van der Waals surface area contributed by atoms with E-state index in [1.807, 2.05) is 0 Å². The Morgan fingerprint density at radius 2 is 1.58 bits per heavy atom. The number of amides is 2. The van der Waals surface area contributed by atoms with E-state index in [1.54, 1.807) is 35.8 Å². The Morgan fingerprint density at radius 1 is 1.00 bits per heavy atom. The van der Waals surface area contributed by atoms with Crippen molar-refractivity contribution < 1.29 is 27.5 Å². The van der Waals surface area contributed by atoms with E-state index in [4.69, 9.17) is 9.47 Å². The van der Waals surface area contributed by atoms with Gasteiger partial charge in [-0.2, -0.15) is 4.72 Å². The van der Waals surface area contributed by atoms with Crippen LogP contribution in [0.2, 0.25) is 0 Å². The van der Waals surface area contributed by atoms with Crippen LogP contribution < -0.4 is 9.46 Å². The Kier molecular flexibility index (Phi) is 8.69. The molecule has 1 atom stereocenters. The number of rotatable bonds is 8. The van der Waals surface area contributed by atoms with Crippen molar-refractivity contribution in [3.8, 4) is 5.75 Å². The van der Waals surface area contributed by atoms with E-state index in [1.165, 1.54) is 19.2 Å². The maximum absolute atomic E-state index is 13.2. The number of piperazine rings is 1. The highest BCUT2D eigenvalue weighted by Gasteiger charge is 2.34. The smallest absolute Gasteiger partial charge is 0.241 e. The van der Waals surface area contributed by atoms with Gasteiger partial charge in [0.1, 0.15) is 11.8 Å². The molecule has 33 heavy (non-hydrogen) atoms. The fourth-order valence-electron chi connectivity index (χ4n) is 3.89. The maximum Gasteiger partial charge on any atom is 0.241 e. The normalized spacial score (nSPS) is 18.9. The van der Waals surface area contributed by atoms with Gasteiger partial charge < -0.3 is 19.3 Å². The summed E-state index contributed by atoms with van der Waals surface area (Å²) < 4.78 is 38.7. The summed E-state index contributed by atoms with van der Waals surface area (Å²) in [6, 6.07) is 5.12. The van der Waals surface area contributed by atoms with Gasteiger partial charge in [0.2, 0.25) is 21.8 Å². The van der Waals surface area contributed by atoms with Crippen LogP contribution in [-0.4, -0.2) is 107 Å². The minimum absolute atomic E-state index is 0.0459. The molecule has 1 aromatic carbocycles. The number of nitrogens with zero attached hydrogens (tertiary/aromatic N) is 3. The fraction of sp³-hybridized carbons (Fsp3) is 0.636. The summed E-state index contributed by atoms with van der Waals surface area (Å²) in [6.07, 6.45) is 0. The lowest BCUT2D eigenvalue weighted by Crippen LogP contribution is -2.58. The van der Waals surface area contributed by atoms with Crippen LogP contribution in [0.4, 0.5) is 0 Å². The third kappa shape index (κ3) is 6.66. The molecule has 0 saturated carbocycles. The zero-order valence-electron chi connectivity index (χ0n) is 19.5. The first-order chi connectivity index (χ1) is 15.7. The van der Waals surface area contributed by atoms with Crippen molar-refractivity contribution in [1.29, 1.82) is 0 Å². The van der Waals surface area contributed by atoms with Crippen LogP contribution in [0.1, 0.15) is 13.8 Å². The Balaban J connectivity index is 1.58. The highest BCUT2D eigenvalue weighted by atomic mass is 32.2. The van der Waals surface area contributed by atoms with Crippen molar-refractivity contribution >= 4 is 21.8 Å². The van der Waals surface area contributed by atoms with Gasteiger partial charge in [-0.3, -0.25) is 14.5 Å². The molecule has 2 aliphatic rings. The minimum Gasteiger partial charge on any atom is -0.497 e. The summed E-state index contributed by atoms with van der Waals surface area (Å²) in [5, 5.41) is 0. The van der Waals surface area contributed by atoms with Crippen molar-refractivity contribution in [2.24, 2.45) is 5.92 Å². The van der Waals surface area contributed by atoms with Crippen molar-refractivity contribution in [2.45, 2.75) is 24.8 Å². The molecule has 2 heterocycles. The Labute approximate surface area is 195 Å². The van der Waals surface area contributed by atoms with Crippen LogP contribution >= 0.6 is 0 Å². The van der Waals surface area contributed by atoms with Crippen LogP contribution in [0.15, 0.2) is 29.2 Å². The van der Waals surface area contributed by atoms with E-state index in [2.05, 4.69) is 9.62 Å². The first-order valence-corrected chi connectivity index (χ1v) is 12.7. The molecule has 184 valence electrons. The Hall–Kier alpha value is -2.21. The van der Waals surface area contributed by atoms with Crippen molar-refractivity contribution in [3.05, 3.63) is 24.3 Å². The van der Waals surface area contributed by atoms with Crippen LogP contribution in [0.5, 0.6) is 5.75 Å². The minimum atomic E-state index is -3.89. The number of methoxy groups -OCH3 is 1. The zero-order valence-corrected chi connectivity index (χ0v) is 20.3. The summed E-state index contributed by atoms with van der Waals surface area (Å²) in [7, 11) is -2.38. The molecule has 1 N–H and O–H groups in total. The fourth-order valence-corrected chi connectivity index (χ4v) is 5.22. The average molecular weight is 483 g/mol. The van der Waals surface area contributed by atoms with Gasteiger partial charge >= 0.3 is 0 Å². The quantitative estimate of drug-likeness (QED) is 0.556. The van der Waals surface area contributed by atoms with Gasteiger partial charge in [0.05, 0.1) is 31.8 Å². The standard InChI is InChI=1S/C22H34N4O6S/c1-17(2)21(23-33(29,30)19-6-4-18(31-3)5-7-19)22(28)26-10-8-25(9-11-26)20(27)16-24-12-14-32-15-13-24/h4-7,17,21,23H,8-16H2,1-3H3/t21-/m0/s1. The number of nitrogens with one attached hydrogen (secondary N) is 1. The van der Waals surface area contributed by atoms with Gasteiger partial charge in [-0.15, -0.1) is 0 Å². The monoisotopic (exact) mass is 482 g/mol. The number of sulfonamides is 1. The van der Waals surface area contributed by atoms with Crippen LogP contribution in [0.25, 0.3) is 0 Å². The molecule has 0 spiro atoms. The maximum atomic E-state index is 13.2. The number of ether oxygens (including phenoxy) is 2. The van der Waals surface area contributed by atoms with Gasteiger partial charge in [0, 0.05) is 39.3 Å². The topological polar surface area (TPSA) is 108 Å². The zero-order chi connectivity index (χ0) is 24.0. The molecule has 11 heteroatoms. The van der Waals surface area contributed by atoms with E-state index in [-0.39, 0.29) is 22.6 Å². The first kappa shape index (κ1) is 25.4. The molecule has 3 rings (SSSR count). The summed E-state index contributed by atoms with van der Waals surface area (Å²) in [5.41, 5.74) is 0.